The summed E-state index contributed by atoms with van der Waals surface area (Å²) in [5.74, 6) is 0. The summed E-state index contributed by atoms with van der Waals surface area (Å²) < 4.78 is 2.01. The van der Waals surface area contributed by atoms with Crippen molar-refractivity contribution in [1.29, 1.82) is 0 Å². The second-order valence-corrected chi connectivity index (χ2v) is 3.24. The van der Waals surface area contributed by atoms with Crippen molar-refractivity contribution < 1.29 is 0 Å². The Balaban J connectivity index is 2.67. The second-order valence-electron chi connectivity index (χ2n) is 3.24. The molecule has 14 heavy (non-hydrogen) atoms. The molecule has 0 N–H and O–H groups in total. The molecule has 3 nitrogen and oxygen atoms in total. The van der Waals surface area contributed by atoms with Crippen molar-refractivity contribution in [3.63, 3.8) is 0 Å². The Kier molecular flexibility index (Phi) is 2.31. The van der Waals surface area contributed by atoms with E-state index >= 15 is 0 Å². The summed E-state index contributed by atoms with van der Waals surface area (Å²) in [6, 6.07) is 0. The van der Waals surface area contributed by atoms with Crippen LogP contribution in [0.2, 0.25) is 0 Å². The molecule has 0 saturated heterocycles. The van der Waals surface area contributed by atoms with Crippen LogP contribution in [0.15, 0.2) is 25.2 Å². The summed E-state index contributed by atoms with van der Waals surface area (Å²) in [5.41, 5.74) is 2.19. The lowest BCUT2D eigenvalue weighted by molar-refractivity contribution is 0.622. The Bertz CT molecular complexity index is 457. The molecule has 3 heteroatoms. The number of fused-ring (bicyclic) bond motifs is 1. The zero-order chi connectivity index (χ0) is 9.97. The van der Waals surface area contributed by atoms with Crippen LogP contribution in [0.3, 0.4) is 0 Å². The summed E-state index contributed by atoms with van der Waals surface area (Å²) in [5, 5.41) is 5.40. The molecule has 0 fully saturated rings. The van der Waals surface area contributed by atoms with Crippen LogP contribution in [-0.2, 0) is 6.54 Å². The van der Waals surface area contributed by atoms with E-state index in [0.717, 1.165) is 29.4 Å². The van der Waals surface area contributed by atoms with Gasteiger partial charge in [0, 0.05) is 29.9 Å². The van der Waals surface area contributed by atoms with E-state index in [0.29, 0.717) is 0 Å². The monoisotopic (exact) mass is 187 g/mol. The quantitative estimate of drug-likeness (QED) is 0.739. The normalized spacial score (nSPS) is 10.6. The van der Waals surface area contributed by atoms with Gasteiger partial charge < -0.3 is 0 Å². The van der Waals surface area contributed by atoms with E-state index in [4.69, 9.17) is 0 Å². The number of aromatic nitrogens is 3. The van der Waals surface area contributed by atoms with Crippen LogP contribution in [-0.4, -0.2) is 14.8 Å². The van der Waals surface area contributed by atoms with Gasteiger partial charge in [0.15, 0.2) is 0 Å². The zero-order valence-corrected chi connectivity index (χ0v) is 8.27. The van der Waals surface area contributed by atoms with Gasteiger partial charge in [-0.15, -0.1) is 0 Å². The highest BCUT2D eigenvalue weighted by Crippen LogP contribution is 2.18. The van der Waals surface area contributed by atoms with E-state index in [2.05, 4.69) is 23.6 Å². The fraction of sp³-hybridized carbons (Fsp3) is 0.273. The molecule has 2 rings (SSSR count). The number of rotatable bonds is 3. The number of pyridine rings is 1. The van der Waals surface area contributed by atoms with Crippen LogP contribution in [0.1, 0.15) is 18.9 Å². The highest BCUT2D eigenvalue weighted by atomic mass is 15.3. The highest BCUT2D eigenvalue weighted by molar-refractivity contribution is 5.85. The van der Waals surface area contributed by atoms with Gasteiger partial charge in [0.2, 0.25) is 0 Å². The van der Waals surface area contributed by atoms with Crippen molar-refractivity contribution >= 4 is 17.0 Å². The Morgan fingerprint density at radius 3 is 3.00 bits per heavy atom. The first kappa shape index (κ1) is 8.94. The highest BCUT2D eigenvalue weighted by Gasteiger charge is 2.05. The summed E-state index contributed by atoms with van der Waals surface area (Å²) in [4.78, 5) is 4.13. The first-order chi connectivity index (χ1) is 6.86. The molecular weight excluding hydrogens is 174 g/mol. The van der Waals surface area contributed by atoms with Gasteiger partial charge >= 0.3 is 0 Å². The molecule has 0 spiro atoms. The second kappa shape index (κ2) is 3.62. The molecule has 0 aromatic carbocycles. The van der Waals surface area contributed by atoms with E-state index in [-0.39, 0.29) is 0 Å². The van der Waals surface area contributed by atoms with Gasteiger partial charge in [0.05, 0.1) is 11.7 Å². The molecule has 0 aliphatic carbocycles. The van der Waals surface area contributed by atoms with Gasteiger partial charge in [-0.25, -0.2) is 0 Å². The third-order valence-electron chi connectivity index (χ3n) is 2.22. The van der Waals surface area contributed by atoms with Gasteiger partial charge in [-0.05, 0) is 6.42 Å². The molecule has 0 bridgehead atoms. The summed E-state index contributed by atoms with van der Waals surface area (Å²) in [6.45, 7) is 6.86. The molecule has 2 aromatic rings. The molecule has 2 aromatic heterocycles. The van der Waals surface area contributed by atoms with Crippen molar-refractivity contribution in [2.75, 3.05) is 0 Å². The van der Waals surface area contributed by atoms with Gasteiger partial charge in [-0.2, -0.15) is 5.10 Å². The molecule has 0 amide bonds. The Labute approximate surface area is 83.1 Å². The van der Waals surface area contributed by atoms with Crippen molar-refractivity contribution in [3.8, 4) is 0 Å². The smallest absolute Gasteiger partial charge is 0.0785 e. The average Bonchev–Trinajstić information content (AvgIpc) is 2.62. The third kappa shape index (κ3) is 1.31. The van der Waals surface area contributed by atoms with Crippen molar-refractivity contribution in [2.24, 2.45) is 0 Å². The lowest BCUT2D eigenvalue weighted by Crippen LogP contribution is -1.99. The van der Waals surface area contributed by atoms with Gasteiger partial charge in [-0.1, -0.05) is 19.6 Å². The van der Waals surface area contributed by atoms with E-state index < -0.39 is 0 Å². The molecule has 72 valence electrons. The summed E-state index contributed by atoms with van der Waals surface area (Å²) in [7, 11) is 0. The SMILES string of the molecule is C=Cc1cncc2cnn(CCC)c12. The Morgan fingerprint density at radius 1 is 1.43 bits per heavy atom. The minimum atomic E-state index is 0.939. The Hall–Kier alpha value is -1.64. The number of hydrogen-bond donors (Lipinski definition) is 0. The van der Waals surface area contributed by atoms with E-state index in [9.17, 15) is 0 Å². The predicted molar refractivity (Wildman–Crippen MR) is 57.9 cm³/mol. The number of hydrogen-bond acceptors (Lipinski definition) is 2. The van der Waals surface area contributed by atoms with Gasteiger partial charge in [0.25, 0.3) is 0 Å². The first-order valence-electron chi connectivity index (χ1n) is 4.78. The molecule has 2 heterocycles. The van der Waals surface area contributed by atoms with Gasteiger partial charge in [0.1, 0.15) is 0 Å². The standard InChI is InChI=1S/C11H13N3/c1-3-5-14-11-9(4-2)6-12-7-10(11)8-13-14/h4,6-8H,2-3,5H2,1H3. The summed E-state index contributed by atoms with van der Waals surface area (Å²) >= 11 is 0. The molecule has 0 unspecified atom stereocenters. The summed E-state index contributed by atoms with van der Waals surface area (Å²) in [6.07, 6.45) is 8.41. The maximum Gasteiger partial charge on any atom is 0.0785 e. The molecule has 0 aliphatic rings. The maximum atomic E-state index is 4.32. The topological polar surface area (TPSA) is 30.7 Å². The van der Waals surface area contributed by atoms with Gasteiger partial charge in [-0.3, -0.25) is 9.67 Å². The largest absolute Gasteiger partial charge is 0.264 e. The van der Waals surface area contributed by atoms with Crippen LogP contribution in [0.5, 0.6) is 0 Å². The van der Waals surface area contributed by atoms with E-state index in [1.54, 1.807) is 0 Å². The predicted octanol–water partition coefficient (Wildman–Crippen LogP) is 2.48. The molecular formula is C11H13N3. The molecule has 0 radical (unpaired) electrons. The van der Waals surface area contributed by atoms with Crippen LogP contribution in [0.25, 0.3) is 17.0 Å². The Morgan fingerprint density at radius 2 is 2.29 bits per heavy atom. The van der Waals surface area contributed by atoms with Crippen LogP contribution in [0.4, 0.5) is 0 Å². The van der Waals surface area contributed by atoms with Crippen molar-refractivity contribution in [3.05, 3.63) is 30.7 Å². The molecule has 0 aliphatic heterocycles. The van der Waals surface area contributed by atoms with E-state index in [1.807, 2.05) is 29.3 Å². The molecule has 0 atom stereocenters. The fourth-order valence-corrected chi connectivity index (χ4v) is 1.60. The van der Waals surface area contributed by atoms with Crippen LogP contribution >= 0.6 is 0 Å². The lowest BCUT2D eigenvalue weighted by atomic mass is 10.2. The van der Waals surface area contributed by atoms with Crippen LogP contribution in [0, 0.1) is 0 Å². The first-order valence-corrected chi connectivity index (χ1v) is 4.78. The maximum absolute atomic E-state index is 4.32. The van der Waals surface area contributed by atoms with Crippen molar-refractivity contribution in [2.45, 2.75) is 19.9 Å². The van der Waals surface area contributed by atoms with Crippen LogP contribution < -0.4 is 0 Å². The lowest BCUT2D eigenvalue weighted by Gasteiger charge is -2.02. The fourth-order valence-electron chi connectivity index (χ4n) is 1.60. The minimum Gasteiger partial charge on any atom is -0.264 e. The van der Waals surface area contributed by atoms with E-state index in [1.165, 1.54) is 0 Å². The average molecular weight is 187 g/mol. The third-order valence-corrected chi connectivity index (χ3v) is 2.22. The zero-order valence-electron chi connectivity index (χ0n) is 8.27. The number of aryl methyl sites for hydroxylation is 1. The van der Waals surface area contributed by atoms with Crippen molar-refractivity contribution in [1.82, 2.24) is 14.8 Å². The number of nitrogens with zero attached hydrogens (tertiary/aromatic N) is 3. The minimum absolute atomic E-state index is 0.939. The molecule has 0 saturated carbocycles.